The number of hydrogen-bond acceptors (Lipinski definition) is 2. The molecule has 30 heavy (non-hydrogen) atoms. The van der Waals surface area contributed by atoms with Gasteiger partial charge in [-0.1, -0.05) is 53.9 Å². The standard InChI is InChI=1S/C28H56N2/c1-18-20-24(8,9)30(17)27(14,15)25(10,11)28(16,19-2)21-23(6,7)29-26(12,13)22(3,4)5/h2,29H,18,20-21H2,1,3-17H3. The summed E-state index contributed by atoms with van der Waals surface area (Å²) in [6.07, 6.45) is 9.58. The molecular formula is C28H56N2. The quantitative estimate of drug-likeness (QED) is 0.367. The Hall–Kier alpha value is -0.520. The van der Waals surface area contributed by atoms with E-state index < -0.39 is 0 Å². The lowest BCUT2D eigenvalue weighted by Crippen LogP contribution is -2.65. The summed E-state index contributed by atoms with van der Waals surface area (Å²) in [7, 11) is 2.28. The Morgan fingerprint density at radius 3 is 1.57 bits per heavy atom. The zero-order valence-electron chi connectivity index (χ0n) is 23.6. The molecule has 0 bridgehead atoms. The molecule has 0 saturated carbocycles. The molecule has 0 rings (SSSR count). The lowest BCUT2D eigenvalue weighted by Gasteiger charge is -2.60. The Bertz CT molecular complexity index is 608. The number of nitrogens with one attached hydrogen (secondary N) is 1. The Morgan fingerprint density at radius 1 is 0.800 bits per heavy atom. The molecule has 0 aromatic carbocycles. The van der Waals surface area contributed by atoms with Crippen LogP contribution in [0.1, 0.15) is 123 Å². The topological polar surface area (TPSA) is 15.3 Å². The van der Waals surface area contributed by atoms with Crippen molar-refractivity contribution in [1.82, 2.24) is 10.2 Å². The highest BCUT2D eigenvalue weighted by Gasteiger charge is 2.55. The van der Waals surface area contributed by atoms with Gasteiger partial charge in [0.05, 0.1) is 0 Å². The zero-order chi connectivity index (χ0) is 24.6. The minimum Gasteiger partial charge on any atom is -0.306 e. The maximum Gasteiger partial charge on any atom is 0.0369 e. The highest BCUT2D eigenvalue weighted by Crippen LogP contribution is 2.54. The van der Waals surface area contributed by atoms with E-state index in [0.717, 1.165) is 6.42 Å². The molecule has 178 valence electrons. The lowest BCUT2D eigenvalue weighted by atomic mass is 9.54. The van der Waals surface area contributed by atoms with Crippen LogP contribution < -0.4 is 5.32 Å². The van der Waals surface area contributed by atoms with Crippen LogP contribution in [-0.4, -0.2) is 34.1 Å². The van der Waals surface area contributed by atoms with E-state index in [1.807, 2.05) is 0 Å². The molecule has 0 aliphatic carbocycles. The Kier molecular flexibility index (Phi) is 8.63. The van der Waals surface area contributed by atoms with E-state index in [1.54, 1.807) is 0 Å². The monoisotopic (exact) mass is 420 g/mol. The highest BCUT2D eigenvalue weighted by atomic mass is 15.2. The second-order valence-electron chi connectivity index (χ2n) is 13.8. The van der Waals surface area contributed by atoms with Gasteiger partial charge in [-0.05, 0) is 93.0 Å². The SMILES string of the molecule is C#CC(C)(CC(C)(C)NC(C)(C)C(C)(C)C)C(C)(C)C(C)(C)N(C)C(C)(C)CCC. The van der Waals surface area contributed by atoms with Gasteiger partial charge in [0.1, 0.15) is 0 Å². The van der Waals surface area contributed by atoms with Gasteiger partial charge in [-0.15, -0.1) is 6.42 Å². The molecule has 2 heteroatoms. The summed E-state index contributed by atoms with van der Waals surface area (Å²) in [6.45, 7) is 34.9. The molecule has 0 fully saturated rings. The Balaban J connectivity index is 6.11. The predicted molar refractivity (Wildman–Crippen MR) is 137 cm³/mol. The third-order valence-corrected chi connectivity index (χ3v) is 9.16. The second kappa shape index (κ2) is 8.78. The van der Waals surface area contributed by atoms with Crippen LogP contribution in [0.5, 0.6) is 0 Å². The average molecular weight is 421 g/mol. The normalized spacial score (nSPS) is 17.1. The van der Waals surface area contributed by atoms with Gasteiger partial charge in [0.2, 0.25) is 0 Å². The van der Waals surface area contributed by atoms with E-state index in [9.17, 15) is 0 Å². The Labute approximate surface area is 191 Å². The smallest absolute Gasteiger partial charge is 0.0369 e. The summed E-state index contributed by atoms with van der Waals surface area (Å²) in [6, 6.07) is 0. The molecule has 0 saturated heterocycles. The molecule has 0 aliphatic heterocycles. The third-order valence-electron chi connectivity index (χ3n) is 9.16. The van der Waals surface area contributed by atoms with Crippen LogP contribution >= 0.6 is 0 Å². The maximum absolute atomic E-state index is 6.32. The van der Waals surface area contributed by atoms with Crippen molar-refractivity contribution in [3.8, 4) is 12.3 Å². The molecule has 0 radical (unpaired) electrons. The van der Waals surface area contributed by atoms with Gasteiger partial charge in [-0.2, -0.15) is 0 Å². The summed E-state index contributed by atoms with van der Waals surface area (Å²) in [5.41, 5.74) is -0.309. The Morgan fingerprint density at radius 2 is 1.23 bits per heavy atom. The van der Waals surface area contributed by atoms with Crippen molar-refractivity contribution in [3.63, 3.8) is 0 Å². The minimum atomic E-state index is -0.280. The average Bonchev–Trinajstić information content (AvgIpc) is 2.50. The largest absolute Gasteiger partial charge is 0.306 e. The van der Waals surface area contributed by atoms with Gasteiger partial charge in [0.25, 0.3) is 0 Å². The van der Waals surface area contributed by atoms with Gasteiger partial charge >= 0.3 is 0 Å². The van der Waals surface area contributed by atoms with Gasteiger partial charge in [-0.25, -0.2) is 0 Å². The predicted octanol–water partition coefficient (Wildman–Crippen LogP) is 7.52. The molecule has 0 aromatic heterocycles. The van der Waals surface area contributed by atoms with Crippen molar-refractivity contribution >= 4 is 0 Å². The summed E-state index contributed by atoms with van der Waals surface area (Å²) in [5, 5.41) is 3.96. The van der Waals surface area contributed by atoms with Crippen LogP contribution in [0, 0.1) is 28.6 Å². The van der Waals surface area contributed by atoms with Crippen LogP contribution in [0.4, 0.5) is 0 Å². The number of nitrogens with zero attached hydrogens (tertiary/aromatic N) is 1. The van der Waals surface area contributed by atoms with Gasteiger partial charge in [0, 0.05) is 27.6 Å². The van der Waals surface area contributed by atoms with E-state index in [0.29, 0.717) is 0 Å². The number of rotatable bonds is 10. The second-order valence-corrected chi connectivity index (χ2v) is 13.8. The molecule has 1 unspecified atom stereocenters. The van der Waals surface area contributed by atoms with Crippen molar-refractivity contribution in [3.05, 3.63) is 0 Å². The molecule has 0 heterocycles. The van der Waals surface area contributed by atoms with E-state index in [2.05, 4.69) is 127 Å². The number of terminal acetylenes is 1. The van der Waals surface area contributed by atoms with Crippen LogP contribution in [0.25, 0.3) is 0 Å². The molecule has 0 aliphatic rings. The maximum atomic E-state index is 6.32. The van der Waals surface area contributed by atoms with E-state index >= 15 is 0 Å². The van der Waals surface area contributed by atoms with Crippen molar-refractivity contribution in [1.29, 1.82) is 0 Å². The van der Waals surface area contributed by atoms with Gasteiger partial charge < -0.3 is 5.32 Å². The summed E-state index contributed by atoms with van der Waals surface area (Å²) in [5.74, 6) is 3.28. The van der Waals surface area contributed by atoms with Crippen molar-refractivity contribution < 1.29 is 0 Å². The van der Waals surface area contributed by atoms with Crippen LogP contribution in [0.2, 0.25) is 0 Å². The van der Waals surface area contributed by atoms with Crippen molar-refractivity contribution in [2.24, 2.45) is 16.2 Å². The highest BCUT2D eigenvalue weighted by molar-refractivity contribution is 5.19. The first-order valence-electron chi connectivity index (χ1n) is 12.0. The van der Waals surface area contributed by atoms with Crippen LogP contribution in [0.15, 0.2) is 0 Å². The van der Waals surface area contributed by atoms with E-state index in [-0.39, 0.29) is 38.4 Å². The zero-order valence-corrected chi connectivity index (χ0v) is 23.6. The van der Waals surface area contributed by atoms with E-state index in [4.69, 9.17) is 6.42 Å². The van der Waals surface area contributed by atoms with Crippen LogP contribution in [-0.2, 0) is 0 Å². The molecule has 0 aromatic rings. The number of hydrogen-bond donors (Lipinski definition) is 1. The molecular weight excluding hydrogens is 364 g/mol. The van der Waals surface area contributed by atoms with E-state index in [1.165, 1.54) is 12.8 Å². The van der Waals surface area contributed by atoms with Crippen LogP contribution in [0.3, 0.4) is 0 Å². The minimum absolute atomic E-state index is 0.00836. The third kappa shape index (κ3) is 5.83. The van der Waals surface area contributed by atoms with Gasteiger partial charge in [0.15, 0.2) is 0 Å². The summed E-state index contributed by atoms with van der Waals surface area (Å²) < 4.78 is 0. The first kappa shape index (κ1) is 29.5. The molecule has 0 spiro atoms. The molecule has 2 nitrogen and oxygen atoms in total. The van der Waals surface area contributed by atoms with Crippen molar-refractivity contribution in [2.45, 2.75) is 145 Å². The fourth-order valence-electron chi connectivity index (χ4n) is 5.04. The molecule has 1 N–H and O–H groups in total. The first-order chi connectivity index (χ1) is 12.9. The summed E-state index contributed by atoms with van der Waals surface area (Å²) >= 11 is 0. The fourth-order valence-corrected chi connectivity index (χ4v) is 5.04. The molecule has 0 amide bonds. The summed E-state index contributed by atoms with van der Waals surface area (Å²) in [4.78, 5) is 2.57. The first-order valence-corrected chi connectivity index (χ1v) is 12.0. The fraction of sp³-hybridized carbons (Fsp3) is 0.929. The lowest BCUT2D eigenvalue weighted by molar-refractivity contribution is -0.0882. The molecule has 1 atom stereocenters. The van der Waals surface area contributed by atoms with Crippen molar-refractivity contribution in [2.75, 3.05) is 7.05 Å². The van der Waals surface area contributed by atoms with Gasteiger partial charge in [-0.3, -0.25) is 4.90 Å².